The van der Waals surface area contributed by atoms with Crippen molar-refractivity contribution in [3.63, 3.8) is 0 Å². The lowest BCUT2D eigenvalue weighted by Gasteiger charge is -2.36. The third-order valence-electron chi connectivity index (χ3n) is 3.24. The molecular weight excluding hydrogens is 282 g/mol. The van der Waals surface area contributed by atoms with E-state index in [9.17, 15) is 9.59 Å². The summed E-state index contributed by atoms with van der Waals surface area (Å²) in [4.78, 5) is 24.3. The Morgan fingerprint density at radius 1 is 1.00 bits per heavy atom. The summed E-state index contributed by atoms with van der Waals surface area (Å²) in [6.07, 6.45) is 4.27. The molecule has 0 aromatic carbocycles. The number of allylic oxidation sites excluding steroid dienone is 1. The molecule has 1 amide bonds. The number of hydrogen-bond donors (Lipinski definition) is 1. The van der Waals surface area contributed by atoms with Gasteiger partial charge in [-0.05, 0) is 65.9 Å². The van der Waals surface area contributed by atoms with Crippen molar-refractivity contribution in [1.82, 2.24) is 5.32 Å². The molecule has 0 aromatic heterocycles. The van der Waals surface area contributed by atoms with E-state index in [2.05, 4.69) is 12.2 Å². The van der Waals surface area contributed by atoms with Crippen molar-refractivity contribution in [3.8, 4) is 0 Å². The van der Waals surface area contributed by atoms with Gasteiger partial charge in [-0.25, -0.2) is 9.59 Å². The van der Waals surface area contributed by atoms with Crippen LogP contribution in [0.1, 0.15) is 67.7 Å². The first kappa shape index (κ1) is 18.5. The van der Waals surface area contributed by atoms with Gasteiger partial charge in [-0.2, -0.15) is 0 Å². The Kier molecular flexibility index (Phi) is 5.31. The molecule has 0 bridgehead atoms. The zero-order valence-electron chi connectivity index (χ0n) is 14.8. The minimum Gasteiger partial charge on any atom is -0.455 e. The number of alkyl carbamates (subject to hydrolysis) is 1. The molecule has 0 aromatic rings. The Balaban J connectivity index is 2.88. The maximum Gasteiger partial charge on any atom is 0.412 e. The summed E-state index contributed by atoms with van der Waals surface area (Å²) in [5, 5.41) is 2.55. The molecule has 1 fully saturated rings. The average molecular weight is 311 g/mol. The van der Waals surface area contributed by atoms with Crippen molar-refractivity contribution in [2.75, 3.05) is 0 Å². The Bertz CT molecular complexity index is 462. The highest BCUT2D eigenvalue weighted by Gasteiger charge is 2.33. The van der Waals surface area contributed by atoms with E-state index >= 15 is 0 Å². The third kappa shape index (κ3) is 6.50. The van der Waals surface area contributed by atoms with Gasteiger partial charge in [-0.3, -0.25) is 5.32 Å². The van der Waals surface area contributed by atoms with E-state index in [1.54, 1.807) is 47.6 Å². The third-order valence-corrected chi connectivity index (χ3v) is 3.24. The predicted molar refractivity (Wildman–Crippen MR) is 85.3 cm³/mol. The van der Waals surface area contributed by atoms with Crippen molar-refractivity contribution in [1.29, 1.82) is 0 Å². The summed E-state index contributed by atoms with van der Waals surface area (Å²) in [6, 6.07) is 0. The Morgan fingerprint density at radius 2 is 1.50 bits per heavy atom. The Hall–Kier alpha value is -1.52. The van der Waals surface area contributed by atoms with Crippen LogP contribution in [0.2, 0.25) is 0 Å². The number of esters is 1. The molecule has 0 heterocycles. The first-order chi connectivity index (χ1) is 9.80. The predicted octanol–water partition coefficient (Wildman–Crippen LogP) is 3.93. The van der Waals surface area contributed by atoms with Crippen molar-refractivity contribution < 1.29 is 19.1 Å². The van der Waals surface area contributed by atoms with Crippen LogP contribution in [-0.4, -0.2) is 23.3 Å². The Labute approximate surface area is 133 Å². The highest BCUT2D eigenvalue weighted by Crippen LogP contribution is 2.42. The van der Waals surface area contributed by atoms with Gasteiger partial charge in [0.2, 0.25) is 0 Å². The maximum absolute atomic E-state index is 12.3. The van der Waals surface area contributed by atoms with Gasteiger partial charge in [-0.1, -0.05) is 13.3 Å². The summed E-state index contributed by atoms with van der Waals surface area (Å²) < 4.78 is 10.6. The van der Waals surface area contributed by atoms with Gasteiger partial charge in [0.1, 0.15) is 16.9 Å². The number of carbonyl (C=O) groups excluding carboxylic acids is 2. The quantitative estimate of drug-likeness (QED) is 0.633. The number of rotatable bonds is 3. The molecule has 0 spiro atoms. The summed E-state index contributed by atoms with van der Waals surface area (Å²) in [6.45, 7) is 12.8. The molecule has 126 valence electrons. The molecule has 0 atom stereocenters. The molecule has 1 rings (SSSR count). The fraction of sp³-hybridized carbons (Fsp3) is 0.765. The van der Waals surface area contributed by atoms with Crippen LogP contribution in [-0.2, 0) is 14.3 Å². The lowest BCUT2D eigenvalue weighted by atomic mass is 9.70. The molecule has 0 unspecified atom stereocenters. The monoisotopic (exact) mass is 311 g/mol. The second-order valence-corrected chi connectivity index (χ2v) is 8.19. The number of ether oxygens (including phenoxy) is 2. The molecule has 1 saturated carbocycles. The van der Waals surface area contributed by atoms with E-state index in [0.29, 0.717) is 0 Å². The molecule has 1 aliphatic rings. The SMILES string of the molecule is CC1(/C=C(/NC(=O)OC(C)(C)C)C(=O)OC(C)(C)C)CCC1. The minimum atomic E-state index is -0.646. The smallest absolute Gasteiger partial charge is 0.412 e. The molecule has 0 radical (unpaired) electrons. The molecule has 0 aliphatic heterocycles. The topological polar surface area (TPSA) is 64.6 Å². The van der Waals surface area contributed by atoms with E-state index in [-0.39, 0.29) is 11.1 Å². The van der Waals surface area contributed by atoms with Crippen molar-refractivity contribution >= 4 is 12.1 Å². The number of hydrogen-bond acceptors (Lipinski definition) is 4. The molecule has 5 heteroatoms. The molecule has 0 saturated heterocycles. The number of amides is 1. The van der Waals surface area contributed by atoms with Crippen LogP contribution in [0, 0.1) is 5.41 Å². The van der Waals surface area contributed by atoms with Crippen LogP contribution >= 0.6 is 0 Å². The largest absolute Gasteiger partial charge is 0.455 e. The average Bonchev–Trinajstić information content (AvgIpc) is 2.20. The van der Waals surface area contributed by atoms with Crippen LogP contribution in [0.5, 0.6) is 0 Å². The van der Waals surface area contributed by atoms with Gasteiger partial charge in [0.25, 0.3) is 0 Å². The molecule has 5 nitrogen and oxygen atoms in total. The second kappa shape index (κ2) is 6.31. The van der Waals surface area contributed by atoms with Crippen LogP contribution in [0.4, 0.5) is 4.79 Å². The van der Waals surface area contributed by atoms with Gasteiger partial charge in [0, 0.05) is 0 Å². The Morgan fingerprint density at radius 3 is 1.86 bits per heavy atom. The van der Waals surface area contributed by atoms with Crippen LogP contribution in [0.15, 0.2) is 11.8 Å². The van der Waals surface area contributed by atoms with E-state index in [4.69, 9.17) is 9.47 Å². The van der Waals surface area contributed by atoms with Gasteiger partial charge in [-0.15, -0.1) is 0 Å². The van der Waals surface area contributed by atoms with Gasteiger partial charge in [0.05, 0.1) is 0 Å². The van der Waals surface area contributed by atoms with Crippen LogP contribution < -0.4 is 5.32 Å². The highest BCUT2D eigenvalue weighted by molar-refractivity contribution is 5.92. The van der Waals surface area contributed by atoms with Crippen molar-refractivity contribution in [2.24, 2.45) is 5.41 Å². The van der Waals surface area contributed by atoms with E-state index < -0.39 is 23.3 Å². The lowest BCUT2D eigenvalue weighted by Crippen LogP contribution is -2.38. The van der Waals surface area contributed by atoms with E-state index in [1.807, 2.05) is 0 Å². The fourth-order valence-electron chi connectivity index (χ4n) is 2.12. The molecule has 22 heavy (non-hydrogen) atoms. The van der Waals surface area contributed by atoms with E-state index in [0.717, 1.165) is 19.3 Å². The summed E-state index contributed by atoms with van der Waals surface area (Å²) in [5.74, 6) is -0.536. The van der Waals surface area contributed by atoms with Gasteiger partial charge >= 0.3 is 12.1 Å². The second-order valence-electron chi connectivity index (χ2n) is 8.19. The number of carbonyl (C=O) groups is 2. The minimum absolute atomic E-state index is 0.0682. The first-order valence-electron chi connectivity index (χ1n) is 7.76. The zero-order chi connectivity index (χ0) is 17.2. The highest BCUT2D eigenvalue weighted by atomic mass is 16.6. The normalized spacial score (nSPS) is 18.2. The molecular formula is C17H29NO4. The summed E-state index contributed by atoms with van der Waals surface area (Å²) in [7, 11) is 0. The summed E-state index contributed by atoms with van der Waals surface area (Å²) >= 11 is 0. The zero-order valence-corrected chi connectivity index (χ0v) is 14.8. The molecule has 1 aliphatic carbocycles. The molecule has 1 N–H and O–H groups in total. The van der Waals surface area contributed by atoms with Gasteiger partial charge < -0.3 is 9.47 Å². The van der Waals surface area contributed by atoms with E-state index in [1.165, 1.54) is 0 Å². The van der Waals surface area contributed by atoms with Crippen LogP contribution in [0.3, 0.4) is 0 Å². The van der Waals surface area contributed by atoms with Crippen LogP contribution in [0.25, 0.3) is 0 Å². The van der Waals surface area contributed by atoms with Gasteiger partial charge in [0.15, 0.2) is 0 Å². The number of nitrogens with one attached hydrogen (secondary N) is 1. The summed E-state index contributed by atoms with van der Waals surface area (Å²) in [5.41, 5.74) is -1.15. The van der Waals surface area contributed by atoms with Crippen molar-refractivity contribution in [2.45, 2.75) is 78.9 Å². The fourth-order valence-corrected chi connectivity index (χ4v) is 2.12. The lowest BCUT2D eigenvalue weighted by molar-refractivity contribution is -0.150. The van der Waals surface area contributed by atoms with Crippen molar-refractivity contribution in [3.05, 3.63) is 11.8 Å². The standard InChI is InChI=1S/C17H29NO4/c1-15(2,3)21-13(19)12(11-17(7)9-8-10-17)18-14(20)22-16(4,5)6/h11H,8-10H2,1-7H3,(H,18,20)/b12-11+. The maximum atomic E-state index is 12.3. The first-order valence-corrected chi connectivity index (χ1v) is 7.76.